The molecule has 1 aliphatic heterocycles. The average Bonchev–Trinajstić information content (AvgIpc) is 3.06. The Labute approximate surface area is 136 Å². The number of aromatic nitrogens is 1. The van der Waals surface area contributed by atoms with Crippen LogP contribution < -0.4 is 5.56 Å². The lowest BCUT2D eigenvalue weighted by molar-refractivity contribution is 0.0772. The van der Waals surface area contributed by atoms with E-state index in [1.807, 2.05) is 49.1 Å². The summed E-state index contributed by atoms with van der Waals surface area (Å²) in [5.74, 6) is 0.0273. The van der Waals surface area contributed by atoms with Gasteiger partial charge in [0.05, 0.1) is 5.56 Å². The summed E-state index contributed by atoms with van der Waals surface area (Å²) in [5, 5.41) is 0. The molecule has 1 aliphatic rings. The van der Waals surface area contributed by atoms with Crippen molar-refractivity contribution in [1.29, 1.82) is 0 Å². The fraction of sp³-hybridized carbons (Fsp3) is 0.368. The fourth-order valence-electron chi connectivity index (χ4n) is 3.36. The zero-order valence-electron chi connectivity index (χ0n) is 13.7. The van der Waals surface area contributed by atoms with Gasteiger partial charge in [0, 0.05) is 37.0 Å². The van der Waals surface area contributed by atoms with Crippen LogP contribution in [0.5, 0.6) is 0 Å². The number of amides is 1. The molecule has 0 spiro atoms. The van der Waals surface area contributed by atoms with Crippen LogP contribution in [0.3, 0.4) is 0 Å². The fourth-order valence-corrected chi connectivity index (χ4v) is 3.36. The zero-order valence-corrected chi connectivity index (χ0v) is 13.7. The lowest BCUT2D eigenvalue weighted by Crippen LogP contribution is -2.33. The monoisotopic (exact) mass is 310 g/mol. The highest BCUT2D eigenvalue weighted by Crippen LogP contribution is 2.29. The Balaban J connectivity index is 2.26. The van der Waals surface area contributed by atoms with Gasteiger partial charge in [-0.3, -0.25) is 9.59 Å². The summed E-state index contributed by atoms with van der Waals surface area (Å²) in [6.45, 7) is 6.02. The standard InChI is InChI=1S/C19H22N2O2/c1-3-20(4-2)19(23)18-15(14-9-6-5-7-10-14)13-17(22)21-12-8-11-16(18)21/h5-7,9-10,13H,3-4,8,11-12H2,1-2H3. The van der Waals surface area contributed by atoms with Gasteiger partial charge in [0.2, 0.25) is 0 Å². The highest BCUT2D eigenvalue weighted by molar-refractivity contribution is 6.02. The van der Waals surface area contributed by atoms with E-state index in [4.69, 9.17) is 0 Å². The van der Waals surface area contributed by atoms with Crippen molar-refractivity contribution in [3.8, 4) is 11.1 Å². The minimum absolute atomic E-state index is 0.00699. The van der Waals surface area contributed by atoms with Crippen molar-refractivity contribution in [2.45, 2.75) is 33.2 Å². The Hall–Kier alpha value is -2.36. The topological polar surface area (TPSA) is 42.3 Å². The molecule has 0 N–H and O–H groups in total. The highest BCUT2D eigenvalue weighted by atomic mass is 16.2. The van der Waals surface area contributed by atoms with Crippen molar-refractivity contribution < 1.29 is 4.79 Å². The SMILES string of the molecule is CCN(CC)C(=O)c1c(-c2ccccc2)cc(=O)n2c1CCC2. The number of hydrogen-bond donors (Lipinski definition) is 0. The number of rotatable bonds is 4. The predicted molar refractivity (Wildman–Crippen MR) is 91.7 cm³/mol. The quantitative estimate of drug-likeness (QED) is 0.871. The number of pyridine rings is 1. The van der Waals surface area contributed by atoms with E-state index in [1.54, 1.807) is 10.6 Å². The molecule has 23 heavy (non-hydrogen) atoms. The van der Waals surface area contributed by atoms with Gasteiger partial charge in [-0.2, -0.15) is 0 Å². The number of hydrogen-bond acceptors (Lipinski definition) is 2. The van der Waals surface area contributed by atoms with Crippen LogP contribution >= 0.6 is 0 Å². The minimum Gasteiger partial charge on any atom is -0.339 e. The summed E-state index contributed by atoms with van der Waals surface area (Å²) in [5.41, 5.74) is 3.29. The molecule has 0 bridgehead atoms. The van der Waals surface area contributed by atoms with Crippen molar-refractivity contribution in [2.75, 3.05) is 13.1 Å². The van der Waals surface area contributed by atoms with E-state index in [-0.39, 0.29) is 11.5 Å². The second kappa shape index (κ2) is 6.41. The molecule has 0 atom stereocenters. The van der Waals surface area contributed by atoms with Crippen LogP contribution in [0.25, 0.3) is 11.1 Å². The Morgan fingerprint density at radius 3 is 2.52 bits per heavy atom. The van der Waals surface area contributed by atoms with Crippen molar-refractivity contribution in [1.82, 2.24) is 9.47 Å². The molecule has 0 aliphatic carbocycles. The van der Waals surface area contributed by atoms with Gasteiger partial charge in [-0.1, -0.05) is 30.3 Å². The molecular formula is C19H22N2O2. The molecule has 0 saturated carbocycles. The van der Waals surface area contributed by atoms with Gasteiger partial charge in [0.15, 0.2) is 0 Å². The average molecular weight is 310 g/mol. The molecule has 0 unspecified atom stereocenters. The molecule has 1 aromatic heterocycles. The normalized spacial score (nSPS) is 13.0. The largest absolute Gasteiger partial charge is 0.339 e. The second-order valence-corrected chi connectivity index (χ2v) is 5.82. The van der Waals surface area contributed by atoms with Crippen molar-refractivity contribution in [2.24, 2.45) is 0 Å². The second-order valence-electron chi connectivity index (χ2n) is 5.82. The number of nitrogens with zero attached hydrogens (tertiary/aromatic N) is 2. The van der Waals surface area contributed by atoms with E-state index >= 15 is 0 Å². The Bertz CT molecular complexity index is 774. The number of fused-ring (bicyclic) bond motifs is 1. The van der Waals surface area contributed by atoms with E-state index in [0.717, 1.165) is 29.7 Å². The lowest BCUT2D eigenvalue weighted by Gasteiger charge is -2.22. The molecule has 2 aromatic rings. The van der Waals surface area contributed by atoms with Crippen LogP contribution in [0.2, 0.25) is 0 Å². The minimum atomic E-state index is -0.00699. The third-order valence-corrected chi connectivity index (χ3v) is 4.56. The molecule has 0 fully saturated rings. The smallest absolute Gasteiger partial charge is 0.256 e. The molecule has 1 amide bonds. The molecule has 0 saturated heterocycles. The van der Waals surface area contributed by atoms with Crippen molar-refractivity contribution in [3.63, 3.8) is 0 Å². The molecule has 4 heteroatoms. The molecule has 1 aromatic carbocycles. The first kappa shape index (κ1) is 15.5. The highest BCUT2D eigenvalue weighted by Gasteiger charge is 2.27. The number of carbonyl (C=O) groups is 1. The van der Waals surface area contributed by atoms with Gasteiger partial charge >= 0.3 is 0 Å². The van der Waals surface area contributed by atoms with Crippen molar-refractivity contribution in [3.05, 3.63) is 58.0 Å². The molecule has 0 radical (unpaired) electrons. The summed E-state index contributed by atoms with van der Waals surface area (Å²) >= 11 is 0. The Morgan fingerprint density at radius 1 is 1.17 bits per heavy atom. The summed E-state index contributed by atoms with van der Waals surface area (Å²) in [7, 11) is 0. The van der Waals surface area contributed by atoms with Crippen molar-refractivity contribution >= 4 is 5.91 Å². The van der Waals surface area contributed by atoms with Crippen LogP contribution in [0.4, 0.5) is 0 Å². The summed E-state index contributed by atoms with van der Waals surface area (Å²) in [6.07, 6.45) is 1.71. The number of benzene rings is 1. The molecule has 4 nitrogen and oxygen atoms in total. The van der Waals surface area contributed by atoms with Crippen LogP contribution in [-0.4, -0.2) is 28.5 Å². The van der Waals surface area contributed by atoms with Gasteiger partial charge < -0.3 is 9.47 Å². The molecule has 120 valence electrons. The maximum atomic E-state index is 13.1. The Morgan fingerprint density at radius 2 is 1.87 bits per heavy atom. The third-order valence-electron chi connectivity index (χ3n) is 4.56. The molecule has 2 heterocycles. The molecular weight excluding hydrogens is 288 g/mol. The number of carbonyl (C=O) groups excluding carboxylic acids is 1. The van der Waals surface area contributed by atoms with Gasteiger partial charge in [-0.15, -0.1) is 0 Å². The van der Waals surface area contributed by atoms with E-state index in [1.165, 1.54) is 0 Å². The summed E-state index contributed by atoms with van der Waals surface area (Å²) in [6, 6.07) is 11.4. The van der Waals surface area contributed by atoms with Gasteiger partial charge in [-0.05, 0) is 32.3 Å². The van der Waals surface area contributed by atoms with Crippen LogP contribution in [-0.2, 0) is 13.0 Å². The molecule has 3 rings (SSSR count). The first-order valence-electron chi connectivity index (χ1n) is 8.28. The van der Waals surface area contributed by atoms with Crippen LogP contribution in [0, 0.1) is 0 Å². The maximum Gasteiger partial charge on any atom is 0.256 e. The Kier molecular flexibility index (Phi) is 4.33. The van der Waals surface area contributed by atoms with Gasteiger partial charge in [-0.25, -0.2) is 0 Å². The lowest BCUT2D eigenvalue weighted by atomic mass is 9.97. The van der Waals surface area contributed by atoms with E-state index in [2.05, 4.69) is 0 Å². The zero-order chi connectivity index (χ0) is 16.4. The summed E-state index contributed by atoms with van der Waals surface area (Å²) in [4.78, 5) is 27.3. The summed E-state index contributed by atoms with van der Waals surface area (Å²) < 4.78 is 1.77. The van der Waals surface area contributed by atoms with E-state index < -0.39 is 0 Å². The first-order valence-corrected chi connectivity index (χ1v) is 8.28. The van der Waals surface area contributed by atoms with Crippen LogP contribution in [0.1, 0.15) is 36.3 Å². The van der Waals surface area contributed by atoms with E-state index in [0.29, 0.717) is 25.2 Å². The maximum absolute atomic E-state index is 13.1. The van der Waals surface area contributed by atoms with Gasteiger partial charge in [0.1, 0.15) is 0 Å². The predicted octanol–water partition coefficient (Wildman–Crippen LogP) is 2.94. The van der Waals surface area contributed by atoms with Crippen LogP contribution in [0.15, 0.2) is 41.2 Å². The first-order chi connectivity index (χ1) is 11.2. The van der Waals surface area contributed by atoms with Gasteiger partial charge in [0.25, 0.3) is 11.5 Å². The van der Waals surface area contributed by atoms with E-state index in [9.17, 15) is 9.59 Å². The third kappa shape index (κ3) is 2.69.